The molecule has 2 atom stereocenters. The minimum Gasteiger partial charge on any atom is -0.398 e. The van der Waals surface area contributed by atoms with E-state index < -0.39 is 16.0 Å². The quantitative estimate of drug-likeness (QED) is 0.873. The molecular formula is C16H24N2O2S. The fourth-order valence-electron chi connectivity index (χ4n) is 2.65. The first-order valence-electron chi connectivity index (χ1n) is 7.56. The maximum atomic E-state index is 12.7. The number of amides is 1. The van der Waals surface area contributed by atoms with Gasteiger partial charge in [0.1, 0.15) is 5.25 Å². The molecule has 1 heterocycles. The van der Waals surface area contributed by atoms with Crippen molar-refractivity contribution in [2.75, 3.05) is 18.8 Å². The second-order valence-corrected chi connectivity index (χ2v) is 7.46. The van der Waals surface area contributed by atoms with Crippen LogP contribution in [0.1, 0.15) is 38.2 Å². The standard InChI is InChI=1S/C16H24N2O2S/c1-12-7-8-14(17)15(11-12)21(20)13(2)16(19)18-9-5-3-4-6-10-18/h7-8,11,13H,3-6,9-10,17H2,1-2H3. The molecule has 1 aliphatic heterocycles. The SMILES string of the molecule is Cc1ccc(N)c(S(=O)C(C)C(=O)N2CCCCCC2)c1. The van der Waals surface area contributed by atoms with Gasteiger partial charge in [0, 0.05) is 18.8 Å². The summed E-state index contributed by atoms with van der Waals surface area (Å²) in [5, 5.41) is -0.549. The Labute approximate surface area is 129 Å². The van der Waals surface area contributed by atoms with E-state index in [2.05, 4.69) is 0 Å². The van der Waals surface area contributed by atoms with E-state index in [-0.39, 0.29) is 5.91 Å². The van der Waals surface area contributed by atoms with Crippen molar-refractivity contribution in [1.29, 1.82) is 0 Å². The van der Waals surface area contributed by atoms with Gasteiger partial charge in [0.25, 0.3) is 0 Å². The summed E-state index contributed by atoms with van der Waals surface area (Å²) >= 11 is 0. The summed E-state index contributed by atoms with van der Waals surface area (Å²) in [7, 11) is -1.40. The van der Waals surface area contributed by atoms with Crippen LogP contribution in [-0.2, 0) is 15.6 Å². The Morgan fingerprint density at radius 2 is 1.86 bits per heavy atom. The number of rotatable bonds is 3. The fourth-order valence-corrected chi connectivity index (χ4v) is 3.96. The molecular weight excluding hydrogens is 284 g/mol. The van der Waals surface area contributed by atoms with E-state index in [4.69, 9.17) is 5.73 Å². The molecule has 1 fully saturated rings. The molecule has 2 unspecified atom stereocenters. The van der Waals surface area contributed by atoms with E-state index in [9.17, 15) is 9.00 Å². The Hall–Kier alpha value is -1.36. The van der Waals surface area contributed by atoms with Crippen LogP contribution in [0.25, 0.3) is 0 Å². The molecule has 0 saturated carbocycles. The Kier molecular flexibility index (Phi) is 5.39. The third-order valence-electron chi connectivity index (χ3n) is 3.97. The van der Waals surface area contributed by atoms with Gasteiger partial charge in [-0.1, -0.05) is 18.9 Å². The van der Waals surface area contributed by atoms with E-state index in [1.807, 2.05) is 24.0 Å². The van der Waals surface area contributed by atoms with Crippen molar-refractivity contribution in [3.05, 3.63) is 23.8 Å². The van der Waals surface area contributed by atoms with Gasteiger partial charge >= 0.3 is 0 Å². The highest BCUT2D eigenvalue weighted by Gasteiger charge is 2.27. The monoisotopic (exact) mass is 308 g/mol. The lowest BCUT2D eigenvalue weighted by molar-refractivity contribution is -0.130. The third kappa shape index (κ3) is 3.84. The first-order valence-corrected chi connectivity index (χ1v) is 8.77. The van der Waals surface area contributed by atoms with Gasteiger partial charge in [0.15, 0.2) is 0 Å². The van der Waals surface area contributed by atoms with E-state index in [1.54, 1.807) is 13.0 Å². The van der Waals surface area contributed by atoms with E-state index in [1.165, 1.54) is 12.8 Å². The van der Waals surface area contributed by atoms with Crippen molar-refractivity contribution in [2.45, 2.75) is 49.7 Å². The Morgan fingerprint density at radius 1 is 1.24 bits per heavy atom. The molecule has 1 aromatic carbocycles. The highest BCUT2D eigenvalue weighted by atomic mass is 32.2. The molecule has 2 N–H and O–H groups in total. The molecule has 4 nitrogen and oxygen atoms in total. The first-order chi connectivity index (χ1) is 10.0. The van der Waals surface area contributed by atoms with Gasteiger partial charge in [0.2, 0.25) is 5.91 Å². The van der Waals surface area contributed by atoms with E-state index in [0.717, 1.165) is 31.5 Å². The number of hydrogen-bond donors (Lipinski definition) is 1. The van der Waals surface area contributed by atoms with Crippen molar-refractivity contribution >= 4 is 22.4 Å². The summed E-state index contributed by atoms with van der Waals surface area (Å²) in [6, 6.07) is 5.46. The second kappa shape index (κ2) is 7.07. The number of nitrogens with two attached hydrogens (primary N) is 1. The van der Waals surface area contributed by atoms with Crippen LogP contribution in [0.4, 0.5) is 5.69 Å². The lowest BCUT2D eigenvalue weighted by atomic mass is 10.2. The van der Waals surface area contributed by atoms with Crippen molar-refractivity contribution in [3.63, 3.8) is 0 Å². The van der Waals surface area contributed by atoms with Crippen LogP contribution in [-0.4, -0.2) is 33.4 Å². The Morgan fingerprint density at radius 3 is 2.48 bits per heavy atom. The van der Waals surface area contributed by atoms with Gasteiger partial charge in [-0.15, -0.1) is 0 Å². The van der Waals surface area contributed by atoms with Crippen molar-refractivity contribution in [3.8, 4) is 0 Å². The molecule has 1 aliphatic rings. The van der Waals surface area contributed by atoms with Crippen LogP contribution in [0.15, 0.2) is 23.1 Å². The van der Waals surface area contributed by atoms with Crippen molar-refractivity contribution in [2.24, 2.45) is 0 Å². The number of carbonyl (C=O) groups is 1. The summed E-state index contributed by atoms with van der Waals surface area (Å²) < 4.78 is 12.7. The van der Waals surface area contributed by atoms with Crippen LogP contribution < -0.4 is 5.73 Å². The van der Waals surface area contributed by atoms with Crippen LogP contribution in [0.5, 0.6) is 0 Å². The molecule has 0 radical (unpaired) electrons. The maximum absolute atomic E-state index is 12.7. The van der Waals surface area contributed by atoms with Crippen LogP contribution in [0, 0.1) is 6.92 Å². The van der Waals surface area contributed by atoms with E-state index >= 15 is 0 Å². The summed E-state index contributed by atoms with van der Waals surface area (Å²) in [5.74, 6) is -0.0175. The molecule has 0 bridgehead atoms. The summed E-state index contributed by atoms with van der Waals surface area (Å²) in [6.07, 6.45) is 4.42. The molecule has 1 amide bonds. The summed E-state index contributed by atoms with van der Waals surface area (Å²) in [5.41, 5.74) is 7.41. The number of nitrogens with zero attached hydrogens (tertiary/aromatic N) is 1. The zero-order valence-corrected chi connectivity index (χ0v) is 13.6. The van der Waals surface area contributed by atoms with Crippen LogP contribution >= 0.6 is 0 Å². The van der Waals surface area contributed by atoms with Crippen molar-refractivity contribution < 1.29 is 9.00 Å². The van der Waals surface area contributed by atoms with Crippen LogP contribution in [0.2, 0.25) is 0 Å². The van der Waals surface area contributed by atoms with Crippen LogP contribution in [0.3, 0.4) is 0 Å². The van der Waals surface area contributed by atoms with Crippen molar-refractivity contribution in [1.82, 2.24) is 4.90 Å². The summed E-state index contributed by atoms with van der Waals surface area (Å²) in [4.78, 5) is 15.0. The molecule has 0 spiro atoms. The van der Waals surface area contributed by atoms with Gasteiger partial charge in [-0.25, -0.2) is 0 Å². The molecule has 116 valence electrons. The van der Waals surface area contributed by atoms with Gasteiger partial charge in [-0.3, -0.25) is 9.00 Å². The number of anilines is 1. The number of benzene rings is 1. The molecule has 21 heavy (non-hydrogen) atoms. The predicted octanol–water partition coefficient (Wildman–Crippen LogP) is 2.48. The van der Waals surface area contributed by atoms with Gasteiger partial charge in [-0.05, 0) is 44.4 Å². The van der Waals surface area contributed by atoms with Gasteiger partial charge in [0.05, 0.1) is 15.7 Å². The molecule has 5 heteroatoms. The number of nitrogen functional groups attached to an aromatic ring is 1. The predicted molar refractivity (Wildman–Crippen MR) is 86.5 cm³/mol. The first kappa shape index (κ1) is 16.0. The minimum absolute atomic E-state index is 0.0175. The van der Waals surface area contributed by atoms with Gasteiger partial charge in [-0.2, -0.15) is 0 Å². The lowest BCUT2D eigenvalue weighted by Gasteiger charge is -2.24. The molecule has 0 aromatic heterocycles. The Bertz CT molecular complexity index is 537. The average Bonchev–Trinajstić information content (AvgIpc) is 2.76. The maximum Gasteiger partial charge on any atom is 0.238 e. The Balaban J connectivity index is 2.14. The van der Waals surface area contributed by atoms with E-state index in [0.29, 0.717) is 10.6 Å². The highest BCUT2D eigenvalue weighted by Crippen LogP contribution is 2.22. The average molecular weight is 308 g/mol. The summed E-state index contributed by atoms with van der Waals surface area (Å²) in [6.45, 7) is 5.24. The topological polar surface area (TPSA) is 63.4 Å². The number of likely N-dealkylation sites (tertiary alicyclic amines) is 1. The third-order valence-corrected chi connectivity index (χ3v) is 5.60. The fraction of sp³-hybridized carbons (Fsp3) is 0.562. The smallest absolute Gasteiger partial charge is 0.238 e. The zero-order valence-electron chi connectivity index (χ0n) is 12.8. The largest absolute Gasteiger partial charge is 0.398 e. The second-order valence-electron chi connectivity index (χ2n) is 5.72. The molecule has 0 aliphatic carbocycles. The minimum atomic E-state index is -1.40. The molecule has 1 saturated heterocycles. The normalized spacial score (nSPS) is 18.9. The molecule has 2 rings (SSSR count). The molecule has 1 aromatic rings. The highest BCUT2D eigenvalue weighted by molar-refractivity contribution is 7.86. The number of carbonyl (C=O) groups excluding carboxylic acids is 1. The number of aryl methyl sites for hydroxylation is 1. The lowest BCUT2D eigenvalue weighted by Crippen LogP contribution is -2.40. The zero-order chi connectivity index (χ0) is 15.4. The number of hydrogen-bond acceptors (Lipinski definition) is 3. The van der Waals surface area contributed by atoms with Gasteiger partial charge < -0.3 is 10.6 Å².